The Hall–Kier alpha value is -1.09. The van der Waals surface area contributed by atoms with Crippen molar-refractivity contribution in [1.82, 2.24) is 6.15 Å². The molecular weight excluding hydrogens is 130 g/mol. The van der Waals surface area contributed by atoms with Gasteiger partial charge in [-0.15, -0.1) is 6.58 Å². The molecule has 10 heavy (non-hydrogen) atoms. The van der Waals surface area contributed by atoms with Crippen LogP contribution in [0.3, 0.4) is 0 Å². The van der Waals surface area contributed by atoms with Crippen molar-refractivity contribution in [2.24, 2.45) is 0 Å². The second kappa shape index (κ2) is 7.91. The van der Waals surface area contributed by atoms with E-state index in [-0.39, 0.29) is 25.1 Å². The maximum absolute atomic E-state index is 10.5. The fourth-order valence-corrected chi connectivity index (χ4v) is 0.329. The van der Waals surface area contributed by atoms with Crippen LogP contribution in [-0.4, -0.2) is 12.6 Å². The average molecular weight is 143 g/mol. The molecule has 58 valence electrons. The van der Waals surface area contributed by atoms with E-state index >= 15 is 0 Å². The van der Waals surface area contributed by atoms with Gasteiger partial charge in [-0.2, -0.15) is 0 Å². The lowest BCUT2D eigenvalue weighted by Gasteiger charge is -1.95. The predicted octanol–water partition coefficient (Wildman–Crippen LogP) is 1.45. The molecule has 3 heteroatoms. The molecule has 0 atom stereocenters. The molecule has 0 aromatic rings. The fraction of sp³-hybridized carbons (Fsp3) is 0.286. The number of rotatable bonds is 4. The van der Waals surface area contributed by atoms with Crippen LogP contribution in [0, 0.1) is 0 Å². The second-order valence-corrected chi connectivity index (χ2v) is 1.46. The van der Waals surface area contributed by atoms with Crippen LogP contribution in [0.5, 0.6) is 0 Å². The van der Waals surface area contributed by atoms with Crippen LogP contribution < -0.4 is 6.15 Å². The molecule has 0 spiro atoms. The summed E-state index contributed by atoms with van der Waals surface area (Å²) in [5.41, 5.74) is 0. The van der Waals surface area contributed by atoms with Gasteiger partial charge >= 0.3 is 5.97 Å². The Morgan fingerprint density at radius 2 is 2.00 bits per heavy atom. The number of esters is 1. The molecule has 0 fully saturated rings. The Balaban J connectivity index is 0. The topological polar surface area (TPSA) is 61.3 Å². The highest BCUT2D eigenvalue weighted by Gasteiger charge is 1.94. The predicted molar refractivity (Wildman–Crippen MR) is 41.0 cm³/mol. The van der Waals surface area contributed by atoms with E-state index in [0.717, 1.165) is 0 Å². The maximum Gasteiger partial charge on any atom is 0.309 e. The van der Waals surface area contributed by atoms with Crippen molar-refractivity contribution in [3.8, 4) is 0 Å². The fourth-order valence-electron chi connectivity index (χ4n) is 0.329. The molecule has 3 N–H and O–H groups in total. The van der Waals surface area contributed by atoms with Crippen LogP contribution in [0.4, 0.5) is 0 Å². The highest BCUT2D eigenvalue weighted by atomic mass is 16.5. The van der Waals surface area contributed by atoms with Crippen molar-refractivity contribution >= 4 is 5.97 Å². The lowest BCUT2D eigenvalue weighted by Crippen LogP contribution is -2.01. The molecule has 0 aliphatic rings. The SMILES string of the molecule is C=CCOC(=O)CC=C.N. The van der Waals surface area contributed by atoms with Crippen molar-refractivity contribution in [3.05, 3.63) is 25.3 Å². The summed E-state index contributed by atoms with van der Waals surface area (Å²) in [6, 6.07) is 0. The molecule has 0 aliphatic carbocycles. The molecular formula is C7H13NO2. The summed E-state index contributed by atoms with van der Waals surface area (Å²) in [7, 11) is 0. The van der Waals surface area contributed by atoms with E-state index in [4.69, 9.17) is 0 Å². The van der Waals surface area contributed by atoms with Crippen LogP contribution in [0.15, 0.2) is 25.3 Å². The number of hydrogen-bond donors (Lipinski definition) is 1. The second-order valence-electron chi connectivity index (χ2n) is 1.46. The molecule has 0 unspecified atom stereocenters. The highest BCUT2D eigenvalue weighted by molar-refractivity contribution is 5.71. The molecule has 0 aromatic heterocycles. The summed E-state index contributed by atoms with van der Waals surface area (Å²) in [5, 5.41) is 0. The standard InChI is InChI=1S/C7H10O2.H3N/c1-3-5-7(8)9-6-4-2;/h3-4H,1-2,5-6H2;1H3. The van der Waals surface area contributed by atoms with E-state index in [1.807, 2.05) is 0 Å². The Labute approximate surface area is 61.0 Å². The van der Waals surface area contributed by atoms with Crippen molar-refractivity contribution < 1.29 is 9.53 Å². The van der Waals surface area contributed by atoms with Gasteiger partial charge in [0.05, 0.1) is 6.42 Å². The average Bonchev–Trinajstić information content (AvgIpc) is 1.85. The van der Waals surface area contributed by atoms with E-state index in [1.165, 1.54) is 12.2 Å². The normalized spacial score (nSPS) is 7.20. The molecule has 0 heterocycles. The largest absolute Gasteiger partial charge is 0.461 e. The van der Waals surface area contributed by atoms with Crippen LogP contribution >= 0.6 is 0 Å². The van der Waals surface area contributed by atoms with Gasteiger partial charge in [0.15, 0.2) is 0 Å². The molecule has 0 radical (unpaired) electrons. The zero-order valence-corrected chi connectivity index (χ0v) is 6.01. The molecule has 3 nitrogen and oxygen atoms in total. The lowest BCUT2D eigenvalue weighted by molar-refractivity contribution is -0.141. The van der Waals surface area contributed by atoms with Gasteiger partial charge in [0.25, 0.3) is 0 Å². The Kier molecular flexibility index (Phi) is 9.24. The van der Waals surface area contributed by atoms with E-state index < -0.39 is 0 Å². The van der Waals surface area contributed by atoms with E-state index in [1.54, 1.807) is 0 Å². The number of carbonyl (C=O) groups is 1. The molecule has 0 aliphatic heterocycles. The third-order valence-electron chi connectivity index (χ3n) is 0.673. The first-order valence-corrected chi connectivity index (χ1v) is 2.68. The molecule has 0 saturated heterocycles. The zero-order chi connectivity index (χ0) is 7.11. The van der Waals surface area contributed by atoms with Crippen molar-refractivity contribution in [1.29, 1.82) is 0 Å². The van der Waals surface area contributed by atoms with Gasteiger partial charge in [-0.25, -0.2) is 0 Å². The van der Waals surface area contributed by atoms with Crippen LogP contribution in [0.1, 0.15) is 6.42 Å². The summed E-state index contributed by atoms with van der Waals surface area (Å²) in [5.74, 6) is -0.259. The van der Waals surface area contributed by atoms with Gasteiger partial charge in [0, 0.05) is 0 Å². The van der Waals surface area contributed by atoms with E-state index in [2.05, 4.69) is 17.9 Å². The lowest BCUT2D eigenvalue weighted by atomic mass is 10.4. The number of carbonyl (C=O) groups excluding carboxylic acids is 1. The minimum Gasteiger partial charge on any atom is -0.461 e. The molecule has 0 aromatic carbocycles. The highest BCUT2D eigenvalue weighted by Crippen LogP contribution is 1.85. The Bertz CT molecular complexity index is 121. The first-order valence-electron chi connectivity index (χ1n) is 2.68. The summed E-state index contributed by atoms with van der Waals surface area (Å²) in [6.07, 6.45) is 3.31. The monoisotopic (exact) mass is 143 g/mol. The Morgan fingerprint density at radius 1 is 1.40 bits per heavy atom. The smallest absolute Gasteiger partial charge is 0.309 e. The Morgan fingerprint density at radius 3 is 2.40 bits per heavy atom. The molecule has 0 bridgehead atoms. The van der Waals surface area contributed by atoms with Crippen LogP contribution in [0.2, 0.25) is 0 Å². The van der Waals surface area contributed by atoms with E-state index in [9.17, 15) is 4.79 Å². The third-order valence-corrected chi connectivity index (χ3v) is 0.673. The van der Waals surface area contributed by atoms with Gasteiger partial charge in [-0.05, 0) is 0 Å². The van der Waals surface area contributed by atoms with Gasteiger partial charge in [-0.3, -0.25) is 4.79 Å². The first kappa shape index (κ1) is 11.7. The number of ether oxygens (including phenoxy) is 1. The first-order chi connectivity index (χ1) is 4.31. The van der Waals surface area contributed by atoms with Crippen LogP contribution in [-0.2, 0) is 9.53 Å². The van der Waals surface area contributed by atoms with Gasteiger partial charge in [-0.1, -0.05) is 18.7 Å². The van der Waals surface area contributed by atoms with Crippen molar-refractivity contribution in [2.45, 2.75) is 6.42 Å². The summed E-state index contributed by atoms with van der Waals surface area (Å²) >= 11 is 0. The molecule has 0 saturated carbocycles. The number of hydrogen-bond acceptors (Lipinski definition) is 3. The molecule has 0 amide bonds. The minimum absolute atomic E-state index is 0. The summed E-state index contributed by atoms with van der Waals surface area (Å²) in [4.78, 5) is 10.5. The van der Waals surface area contributed by atoms with Crippen LogP contribution in [0.25, 0.3) is 0 Å². The van der Waals surface area contributed by atoms with E-state index in [0.29, 0.717) is 0 Å². The van der Waals surface area contributed by atoms with Crippen molar-refractivity contribution in [3.63, 3.8) is 0 Å². The quantitative estimate of drug-likeness (QED) is 0.478. The van der Waals surface area contributed by atoms with Gasteiger partial charge < -0.3 is 10.9 Å². The summed E-state index contributed by atoms with van der Waals surface area (Å²) < 4.78 is 4.60. The van der Waals surface area contributed by atoms with Gasteiger partial charge in [0.1, 0.15) is 6.61 Å². The third kappa shape index (κ3) is 6.91. The zero-order valence-electron chi connectivity index (χ0n) is 6.01. The summed E-state index contributed by atoms with van der Waals surface area (Å²) in [6.45, 7) is 7.06. The maximum atomic E-state index is 10.5. The van der Waals surface area contributed by atoms with Crippen molar-refractivity contribution in [2.75, 3.05) is 6.61 Å². The van der Waals surface area contributed by atoms with Gasteiger partial charge in [0.2, 0.25) is 0 Å². The molecule has 0 rings (SSSR count). The minimum atomic E-state index is -0.259.